The second kappa shape index (κ2) is 5.09. The zero-order valence-electron chi connectivity index (χ0n) is 9.52. The van der Waals surface area contributed by atoms with Gasteiger partial charge in [-0.15, -0.1) is 0 Å². The molecule has 0 saturated carbocycles. The third kappa shape index (κ3) is 3.31. The fraction of sp³-hybridized carbons (Fsp3) is 0.0769. The molecule has 1 heterocycles. The van der Waals surface area contributed by atoms with E-state index in [-0.39, 0.29) is 5.88 Å². The molecule has 3 nitrogen and oxygen atoms in total. The highest BCUT2D eigenvalue weighted by molar-refractivity contribution is 5.90. The van der Waals surface area contributed by atoms with Gasteiger partial charge in [-0.05, 0) is 18.2 Å². The number of pyridine rings is 1. The van der Waals surface area contributed by atoms with Crippen LogP contribution >= 0.6 is 0 Å². The monoisotopic (exact) mass is 267 g/mol. The SMILES string of the molecule is O=C(Oc1ccc(C(F)(F)F)cn1)c1ccccc1. The van der Waals surface area contributed by atoms with E-state index in [1.54, 1.807) is 18.2 Å². The lowest BCUT2D eigenvalue weighted by Gasteiger charge is -2.07. The highest BCUT2D eigenvalue weighted by Crippen LogP contribution is 2.29. The zero-order chi connectivity index (χ0) is 13.9. The van der Waals surface area contributed by atoms with Crippen LogP contribution in [0.3, 0.4) is 0 Å². The summed E-state index contributed by atoms with van der Waals surface area (Å²) < 4.78 is 41.7. The van der Waals surface area contributed by atoms with E-state index in [1.165, 1.54) is 12.1 Å². The Morgan fingerprint density at radius 1 is 1.05 bits per heavy atom. The first-order chi connectivity index (χ1) is 8.97. The molecule has 0 N–H and O–H groups in total. The van der Waals surface area contributed by atoms with Crippen molar-refractivity contribution in [1.82, 2.24) is 4.98 Å². The van der Waals surface area contributed by atoms with E-state index in [4.69, 9.17) is 4.74 Å². The fourth-order valence-corrected chi connectivity index (χ4v) is 1.34. The Bertz CT molecular complexity index is 565. The lowest BCUT2D eigenvalue weighted by Crippen LogP contribution is -2.10. The Kier molecular flexibility index (Phi) is 3.50. The first kappa shape index (κ1) is 13.1. The van der Waals surface area contributed by atoms with Gasteiger partial charge in [0.2, 0.25) is 5.88 Å². The van der Waals surface area contributed by atoms with Crippen molar-refractivity contribution in [2.45, 2.75) is 6.18 Å². The lowest BCUT2D eigenvalue weighted by atomic mass is 10.2. The molecule has 19 heavy (non-hydrogen) atoms. The van der Waals surface area contributed by atoms with Crippen LogP contribution < -0.4 is 4.74 Å². The van der Waals surface area contributed by atoms with Crippen molar-refractivity contribution in [3.8, 4) is 5.88 Å². The minimum Gasteiger partial charge on any atom is -0.404 e. The minimum absolute atomic E-state index is 0.179. The van der Waals surface area contributed by atoms with Gasteiger partial charge in [-0.25, -0.2) is 9.78 Å². The fourth-order valence-electron chi connectivity index (χ4n) is 1.34. The Balaban J connectivity index is 2.10. The van der Waals surface area contributed by atoms with Crippen molar-refractivity contribution >= 4 is 5.97 Å². The van der Waals surface area contributed by atoms with E-state index in [0.717, 1.165) is 12.1 Å². The smallest absolute Gasteiger partial charge is 0.404 e. The number of hydrogen-bond acceptors (Lipinski definition) is 3. The van der Waals surface area contributed by atoms with Crippen LogP contribution in [0.2, 0.25) is 0 Å². The first-order valence-corrected chi connectivity index (χ1v) is 5.27. The van der Waals surface area contributed by atoms with Gasteiger partial charge in [-0.1, -0.05) is 18.2 Å². The number of esters is 1. The molecule has 0 aliphatic rings. The zero-order valence-corrected chi connectivity index (χ0v) is 9.52. The Morgan fingerprint density at radius 3 is 2.26 bits per heavy atom. The van der Waals surface area contributed by atoms with Gasteiger partial charge in [-0.3, -0.25) is 0 Å². The summed E-state index contributed by atoms with van der Waals surface area (Å²) in [6.07, 6.45) is -3.84. The molecule has 0 radical (unpaired) electrons. The van der Waals surface area contributed by atoms with Crippen LogP contribution in [0.15, 0.2) is 48.7 Å². The van der Waals surface area contributed by atoms with Crippen molar-refractivity contribution in [1.29, 1.82) is 0 Å². The van der Waals surface area contributed by atoms with Gasteiger partial charge in [0.1, 0.15) is 0 Å². The molecule has 1 aromatic carbocycles. The van der Waals surface area contributed by atoms with E-state index in [2.05, 4.69) is 4.98 Å². The Hall–Kier alpha value is -2.37. The number of aromatic nitrogens is 1. The van der Waals surface area contributed by atoms with Crippen molar-refractivity contribution in [2.24, 2.45) is 0 Å². The van der Waals surface area contributed by atoms with Crippen molar-refractivity contribution in [3.63, 3.8) is 0 Å². The quantitative estimate of drug-likeness (QED) is 0.783. The third-order valence-corrected chi connectivity index (χ3v) is 2.27. The second-order valence-corrected chi connectivity index (χ2v) is 3.64. The number of nitrogens with zero attached hydrogens (tertiary/aromatic N) is 1. The predicted molar refractivity (Wildman–Crippen MR) is 60.6 cm³/mol. The van der Waals surface area contributed by atoms with E-state index in [0.29, 0.717) is 11.8 Å². The largest absolute Gasteiger partial charge is 0.417 e. The molecule has 0 fully saturated rings. The van der Waals surface area contributed by atoms with Gasteiger partial charge in [0.15, 0.2) is 0 Å². The lowest BCUT2D eigenvalue weighted by molar-refractivity contribution is -0.137. The summed E-state index contributed by atoms with van der Waals surface area (Å²) in [5, 5.41) is 0. The molecule has 0 unspecified atom stereocenters. The molecule has 2 rings (SSSR count). The molecule has 1 aromatic heterocycles. The maximum Gasteiger partial charge on any atom is 0.417 e. The summed E-state index contributed by atoms with van der Waals surface area (Å²) in [5.74, 6) is -0.852. The van der Waals surface area contributed by atoms with Crippen LogP contribution in [-0.4, -0.2) is 11.0 Å². The minimum atomic E-state index is -4.46. The van der Waals surface area contributed by atoms with E-state index in [1.807, 2.05) is 0 Å². The third-order valence-electron chi connectivity index (χ3n) is 2.27. The molecule has 98 valence electrons. The van der Waals surface area contributed by atoms with Crippen LogP contribution in [-0.2, 0) is 6.18 Å². The summed E-state index contributed by atoms with van der Waals surface area (Å²) in [4.78, 5) is 15.1. The highest BCUT2D eigenvalue weighted by atomic mass is 19.4. The number of hydrogen-bond donors (Lipinski definition) is 0. The van der Waals surface area contributed by atoms with E-state index in [9.17, 15) is 18.0 Å². The maximum atomic E-state index is 12.3. The number of ether oxygens (including phenoxy) is 1. The molecule has 0 bridgehead atoms. The van der Waals surface area contributed by atoms with Gasteiger partial charge in [0, 0.05) is 12.3 Å². The van der Waals surface area contributed by atoms with Gasteiger partial charge in [0.25, 0.3) is 0 Å². The molecule has 0 aliphatic heterocycles. The summed E-state index contributed by atoms with van der Waals surface area (Å²) in [5.41, 5.74) is -0.601. The summed E-state index contributed by atoms with van der Waals surface area (Å²) in [7, 11) is 0. The first-order valence-electron chi connectivity index (χ1n) is 5.27. The molecule has 0 amide bonds. The van der Waals surface area contributed by atoms with Crippen LogP contribution in [0.5, 0.6) is 5.88 Å². The number of carbonyl (C=O) groups excluding carboxylic acids is 1. The molecule has 0 spiro atoms. The van der Waals surface area contributed by atoms with Gasteiger partial charge >= 0.3 is 12.1 Å². The summed E-state index contributed by atoms with van der Waals surface area (Å²) >= 11 is 0. The second-order valence-electron chi connectivity index (χ2n) is 3.64. The van der Waals surface area contributed by atoms with Gasteiger partial charge < -0.3 is 4.74 Å². The standard InChI is InChI=1S/C13H8F3NO2/c14-13(15,16)10-6-7-11(17-8-10)19-12(18)9-4-2-1-3-5-9/h1-8H. The average molecular weight is 267 g/mol. The highest BCUT2D eigenvalue weighted by Gasteiger charge is 2.30. The molecular formula is C13H8F3NO2. The van der Waals surface area contributed by atoms with Crippen molar-refractivity contribution in [2.75, 3.05) is 0 Å². The van der Waals surface area contributed by atoms with Gasteiger partial charge in [0.05, 0.1) is 11.1 Å². The van der Waals surface area contributed by atoms with E-state index < -0.39 is 17.7 Å². The molecule has 2 aromatic rings. The van der Waals surface area contributed by atoms with Crippen LogP contribution in [0.4, 0.5) is 13.2 Å². The maximum absolute atomic E-state index is 12.3. The van der Waals surface area contributed by atoms with Gasteiger partial charge in [-0.2, -0.15) is 13.2 Å². The van der Waals surface area contributed by atoms with Crippen LogP contribution in [0.25, 0.3) is 0 Å². The predicted octanol–water partition coefficient (Wildman–Crippen LogP) is 3.32. The van der Waals surface area contributed by atoms with Crippen molar-refractivity contribution < 1.29 is 22.7 Å². The number of alkyl halides is 3. The number of benzene rings is 1. The van der Waals surface area contributed by atoms with Crippen molar-refractivity contribution in [3.05, 3.63) is 59.8 Å². The number of halogens is 3. The van der Waals surface area contributed by atoms with Crippen LogP contribution in [0, 0.1) is 0 Å². The molecule has 0 saturated heterocycles. The average Bonchev–Trinajstić information content (AvgIpc) is 2.39. The van der Waals surface area contributed by atoms with E-state index >= 15 is 0 Å². The molecule has 0 aliphatic carbocycles. The normalized spacial score (nSPS) is 11.1. The number of rotatable bonds is 2. The topological polar surface area (TPSA) is 39.2 Å². The summed E-state index contributed by atoms with van der Waals surface area (Å²) in [6, 6.07) is 9.91. The molecule has 0 atom stereocenters. The molecular weight excluding hydrogens is 259 g/mol. The number of carbonyl (C=O) groups is 1. The molecule has 6 heteroatoms. The van der Waals surface area contributed by atoms with Crippen LogP contribution in [0.1, 0.15) is 15.9 Å². The summed E-state index contributed by atoms with van der Waals surface area (Å²) in [6.45, 7) is 0. The Morgan fingerprint density at radius 2 is 1.74 bits per heavy atom. The Labute approximate surface area is 106 Å².